The molecule has 0 aliphatic heterocycles. The molecule has 2 N–H and O–H groups in total. The summed E-state index contributed by atoms with van der Waals surface area (Å²) in [6.07, 6.45) is 3.08. The van der Waals surface area contributed by atoms with E-state index < -0.39 is 14.5 Å². The first-order chi connectivity index (χ1) is 9.85. The van der Waals surface area contributed by atoms with E-state index in [1.54, 1.807) is 12.1 Å². The highest BCUT2D eigenvalue weighted by molar-refractivity contribution is 7.94. The number of benzene rings is 1. The Bertz CT molecular complexity index is 713. The summed E-state index contributed by atoms with van der Waals surface area (Å²) in [6.45, 7) is 0.0899. The Hall–Kier alpha value is -1.87. The number of hydrogen-bond donors (Lipinski definition) is 2. The minimum atomic E-state index is -2.93. The highest BCUT2D eigenvalue weighted by atomic mass is 32.2. The molecule has 1 fully saturated rings. The van der Waals surface area contributed by atoms with Gasteiger partial charge in [-0.25, -0.2) is 8.60 Å². The first-order valence-corrected chi connectivity index (χ1v) is 8.58. The Kier molecular flexibility index (Phi) is 4.33. The zero-order chi connectivity index (χ0) is 15.5. The molecule has 1 aromatic carbocycles. The quantitative estimate of drug-likeness (QED) is 0.837. The standard InChI is InChI=1S/C15H17FN2O2S/c1-21(17,20)15(8-4-9-15)14(19)18-10-3-6-12-5-2-7-13(16)11-12/h2,5,7,11,17H,4,8-10H2,1H3,(H,18,19). The van der Waals surface area contributed by atoms with E-state index in [1.807, 2.05) is 0 Å². The summed E-state index contributed by atoms with van der Waals surface area (Å²) in [5.74, 6) is 4.74. The molecule has 0 spiro atoms. The van der Waals surface area contributed by atoms with Crippen molar-refractivity contribution in [3.63, 3.8) is 0 Å². The number of rotatable bonds is 3. The van der Waals surface area contributed by atoms with Crippen LogP contribution in [-0.4, -0.2) is 27.7 Å². The van der Waals surface area contributed by atoms with Crippen molar-refractivity contribution in [2.24, 2.45) is 0 Å². The van der Waals surface area contributed by atoms with Crippen LogP contribution in [0.1, 0.15) is 24.8 Å². The Balaban J connectivity index is 1.97. The number of carbonyl (C=O) groups is 1. The smallest absolute Gasteiger partial charge is 0.240 e. The third kappa shape index (κ3) is 3.24. The second-order valence-electron chi connectivity index (χ2n) is 5.19. The van der Waals surface area contributed by atoms with Crippen LogP contribution in [0, 0.1) is 22.4 Å². The normalized spacial score (nSPS) is 18.6. The third-order valence-corrected chi connectivity index (χ3v) is 5.80. The Labute approximate surface area is 124 Å². The minimum Gasteiger partial charge on any atom is -0.344 e. The summed E-state index contributed by atoms with van der Waals surface area (Å²) in [5.41, 5.74) is 0.530. The summed E-state index contributed by atoms with van der Waals surface area (Å²) < 4.78 is 31.5. The molecule has 0 bridgehead atoms. The zero-order valence-electron chi connectivity index (χ0n) is 11.7. The predicted octanol–water partition coefficient (Wildman–Crippen LogP) is 1.89. The van der Waals surface area contributed by atoms with Crippen LogP contribution in [0.4, 0.5) is 4.39 Å². The van der Waals surface area contributed by atoms with Gasteiger partial charge in [0, 0.05) is 11.8 Å². The van der Waals surface area contributed by atoms with Crippen LogP contribution in [0.25, 0.3) is 0 Å². The van der Waals surface area contributed by atoms with Crippen molar-refractivity contribution in [1.29, 1.82) is 4.78 Å². The van der Waals surface area contributed by atoms with Crippen LogP contribution in [-0.2, 0) is 14.5 Å². The van der Waals surface area contributed by atoms with Gasteiger partial charge in [-0.05, 0) is 37.5 Å². The molecule has 1 saturated carbocycles. The Morgan fingerprint density at radius 3 is 2.76 bits per heavy atom. The van der Waals surface area contributed by atoms with E-state index in [2.05, 4.69) is 17.2 Å². The van der Waals surface area contributed by atoms with E-state index in [-0.39, 0.29) is 18.3 Å². The molecule has 2 rings (SSSR count). The number of hydrogen-bond acceptors (Lipinski definition) is 3. The first-order valence-electron chi connectivity index (χ1n) is 6.61. The molecule has 1 aliphatic carbocycles. The van der Waals surface area contributed by atoms with Crippen molar-refractivity contribution in [3.05, 3.63) is 35.6 Å². The van der Waals surface area contributed by atoms with E-state index in [0.29, 0.717) is 18.4 Å². The summed E-state index contributed by atoms with van der Waals surface area (Å²) in [6, 6.07) is 5.88. The van der Waals surface area contributed by atoms with Crippen LogP contribution in [0.15, 0.2) is 24.3 Å². The van der Waals surface area contributed by atoms with Gasteiger partial charge in [0.2, 0.25) is 5.91 Å². The van der Waals surface area contributed by atoms with E-state index >= 15 is 0 Å². The van der Waals surface area contributed by atoms with Crippen LogP contribution < -0.4 is 5.32 Å². The molecule has 0 heterocycles. The van der Waals surface area contributed by atoms with Gasteiger partial charge in [0.15, 0.2) is 0 Å². The average Bonchev–Trinajstić information content (AvgIpc) is 2.31. The van der Waals surface area contributed by atoms with Gasteiger partial charge in [-0.1, -0.05) is 17.9 Å². The molecule has 0 aromatic heterocycles. The second-order valence-corrected chi connectivity index (χ2v) is 7.66. The van der Waals surface area contributed by atoms with Crippen molar-refractivity contribution in [2.75, 3.05) is 12.8 Å². The lowest BCUT2D eigenvalue weighted by molar-refractivity contribution is -0.125. The molecule has 21 heavy (non-hydrogen) atoms. The molecule has 1 unspecified atom stereocenters. The summed E-state index contributed by atoms with van der Waals surface area (Å²) >= 11 is 0. The molecular formula is C15H17FN2O2S. The van der Waals surface area contributed by atoms with Crippen molar-refractivity contribution in [3.8, 4) is 11.8 Å². The van der Waals surface area contributed by atoms with E-state index in [1.165, 1.54) is 18.4 Å². The Morgan fingerprint density at radius 1 is 1.52 bits per heavy atom. The highest BCUT2D eigenvalue weighted by Gasteiger charge is 2.50. The van der Waals surface area contributed by atoms with Crippen molar-refractivity contribution < 1.29 is 13.4 Å². The molecule has 4 nitrogen and oxygen atoms in total. The van der Waals surface area contributed by atoms with E-state index in [0.717, 1.165) is 6.42 Å². The van der Waals surface area contributed by atoms with Gasteiger partial charge in [0.05, 0.1) is 16.3 Å². The SMILES string of the molecule is CS(=N)(=O)C1(C(=O)NCC#Cc2cccc(F)c2)CCC1. The van der Waals surface area contributed by atoms with Crippen LogP contribution in [0.2, 0.25) is 0 Å². The summed E-state index contributed by atoms with van der Waals surface area (Å²) in [4.78, 5) is 12.1. The maximum Gasteiger partial charge on any atom is 0.240 e. The molecule has 6 heteroatoms. The maximum atomic E-state index is 13.0. The molecule has 1 atom stereocenters. The minimum absolute atomic E-state index is 0.0899. The highest BCUT2D eigenvalue weighted by Crippen LogP contribution is 2.39. The van der Waals surface area contributed by atoms with Crippen LogP contribution in [0.3, 0.4) is 0 Å². The van der Waals surface area contributed by atoms with Crippen LogP contribution in [0.5, 0.6) is 0 Å². The molecule has 1 aliphatic rings. The fraction of sp³-hybridized carbons (Fsp3) is 0.400. The lowest BCUT2D eigenvalue weighted by Gasteiger charge is -2.39. The number of amides is 1. The fourth-order valence-corrected chi connectivity index (χ4v) is 3.78. The molecule has 112 valence electrons. The van der Waals surface area contributed by atoms with Crippen molar-refractivity contribution in [2.45, 2.75) is 24.0 Å². The number of halogens is 1. The first kappa shape index (κ1) is 15.5. The van der Waals surface area contributed by atoms with Gasteiger partial charge in [0.1, 0.15) is 10.6 Å². The Morgan fingerprint density at radius 2 is 2.24 bits per heavy atom. The number of carbonyl (C=O) groups excluding carboxylic acids is 1. The predicted molar refractivity (Wildman–Crippen MR) is 79.7 cm³/mol. The van der Waals surface area contributed by atoms with E-state index in [9.17, 15) is 13.4 Å². The molecule has 0 saturated heterocycles. The average molecular weight is 308 g/mol. The fourth-order valence-electron chi connectivity index (χ4n) is 2.29. The van der Waals surface area contributed by atoms with Crippen molar-refractivity contribution in [1.82, 2.24) is 5.32 Å². The zero-order valence-corrected chi connectivity index (χ0v) is 12.6. The van der Waals surface area contributed by atoms with Gasteiger partial charge in [0.25, 0.3) is 0 Å². The van der Waals surface area contributed by atoms with E-state index in [4.69, 9.17) is 4.78 Å². The topological polar surface area (TPSA) is 70.0 Å². The number of nitrogens with one attached hydrogen (secondary N) is 2. The molecular weight excluding hydrogens is 291 g/mol. The molecule has 0 radical (unpaired) electrons. The molecule has 1 aromatic rings. The summed E-state index contributed by atoms with van der Waals surface area (Å²) in [7, 11) is -2.93. The monoisotopic (exact) mass is 308 g/mol. The lowest BCUT2D eigenvalue weighted by Crippen LogP contribution is -2.56. The van der Waals surface area contributed by atoms with Crippen molar-refractivity contribution >= 4 is 15.6 Å². The second kappa shape index (κ2) is 5.86. The van der Waals surface area contributed by atoms with Crippen LogP contribution >= 0.6 is 0 Å². The van der Waals surface area contributed by atoms with Gasteiger partial charge in [-0.2, -0.15) is 0 Å². The molecule has 1 amide bonds. The third-order valence-electron chi connectivity index (χ3n) is 3.72. The van der Waals surface area contributed by atoms with Gasteiger partial charge >= 0.3 is 0 Å². The largest absolute Gasteiger partial charge is 0.344 e. The van der Waals surface area contributed by atoms with Gasteiger partial charge in [-0.3, -0.25) is 9.57 Å². The maximum absolute atomic E-state index is 13.0. The summed E-state index contributed by atoms with van der Waals surface area (Å²) in [5, 5.41) is 2.61. The van der Waals surface area contributed by atoms with Gasteiger partial charge in [-0.15, -0.1) is 0 Å². The lowest BCUT2D eigenvalue weighted by atomic mass is 9.83. The van der Waals surface area contributed by atoms with Gasteiger partial charge < -0.3 is 5.32 Å².